The molecule has 0 saturated heterocycles. The summed E-state index contributed by atoms with van der Waals surface area (Å²) in [6.45, 7) is 4.60. The van der Waals surface area contributed by atoms with E-state index in [9.17, 15) is 24.0 Å². The largest absolute Gasteiger partial charge is 0.481 e. The average molecular weight is 420 g/mol. The van der Waals surface area contributed by atoms with Gasteiger partial charge in [0, 0.05) is 12.2 Å². The molecule has 0 fully saturated rings. The Balaban J connectivity index is 4.99. The number of hydrogen-bond donors (Lipinski definition) is 7. The molecule has 0 rings (SSSR count). The van der Waals surface area contributed by atoms with E-state index < -0.39 is 53.8 Å². The van der Waals surface area contributed by atoms with E-state index in [1.165, 1.54) is 6.92 Å². The van der Waals surface area contributed by atoms with Crippen molar-refractivity contribution in [2.45, 2.75) is 57.8 Å². The summed E-state index contributed by atoms with van der Waals surface area (Å²) >= 11 is 3.99. The van der Waals surface area contributed by atoms with Crippen LogP contribution in [0.3, 0.4) is 0 Å². The van der Waals surface area contributed by atoms with Crippen molar-refractivity contribution >= 4 is 42.3 Å². The van der Waals surface area contributed by atoms with Crippen molar-refractivity contribution in [3.05, 3.63) is 0 Å². The van der Waals surface area contributed by atoms with Gasteiger partial charge in [0.1, 0.15) is 18.1 Å². The highest BCUT2D eigenvalue weighted by atomic mass is 32.1. The van der Waals surface area contributed by atoms with E-state index in [4.69, 9.17) is 15.9 Å². The number of hydrogen-bond acceptors (Lipinski definition) is 7. The Morgan fingerprint density at radius 1 is 0.929 bits per heavy atom. The molecule has 0 radical (unpaired) electrons. The van der Waals surface area contributed by atoms with Gasteiger partial charge in [-0.05, 0) is 19.3 Å². The SMILES string of the molecule is CC(NC(=O)C(CS)NC(=O)C(NC(=O)C(N)CCC(=O)O)C(C)C)C(=O)O. The minimum atomic E-state index is -1.24. The third kappa shape index (κ3) is 9.04. The molecule has 0 aromatic carbocycles. The number of carbonyl (C=O) groups is 5. The maximum absolute atomic E-state index is 12.5. The molecular weight excluding hydrogens is 392 g/mol. The van der Waals surface area contributed by atoms with E-state index in [0.29, 0.717) is 0 Å². The number of amides is 3. The van der Waals surface area contributed by atoms with Gasteiger partial charge < -0.3 is 31.9 Å². The number of thiol groups is 1. The van der Waals surface area contributed by atoms with Gasteiger partial charge in [-0.25, -0.2) is 0 Å². The molecular formula is C16H28N4O7S. The number of carboxylic acid groups (broad SMARTS) is 2. The Morgan fingerprint density at radius 3 is 1.93 bits per heavy atom. The molecule has 0 spiro atoms. The molecule has 12 heteroatoms. The van der Waals surface area contributed by atoms with Gasteiger partial charge in [0.2, 0.25) is 17.7 Å². The first-order valence-electron chi connectivity index (χ1n) is 8.62. The van der Waals surface area contributed by atoms with E-state index >= 15 is 0 Å². The van der Waals surface area contributed by atoms with Gasteiger partial charge in [-0.2, -0.15) is 12.6 Å². The summed E-state index contributed by atoms with van der Waals surface area (Å²) in [5.74, 6) is -4.89. The van der Waals surface area contributed by atoms with E-state index in [2.05, 4.69) is 28.6 Å². The van der Waals surface area contributed by atoms with Crippen LogP contribution in [0.5, 0.6) is 0 Å². The molecule has 7 N–H and O–H groups in total. The first-order chi connectivity index (χ1) is 12.9. The number of aliphatic carboxylic acids is 2. The van der Waals surface area contributed by atoms with Gasteiger partial charge in [0.15, 0.2) is 0 Å². The zero-order chi connectivity index (χ0) is 22.0. The standard InChI is InChI=1S/C16H28N4O7S/c1-7(2)12(20-13(23)9(17)4-5-11(21)22)15(25)19-10(6-28)14(24)18-8(3)16(26)27/h7-10,12,28H,4-6,17H2,1-3H3,(H,18,24)(H,19,25)(H,20,23)(H,21,22)(H,26,27). The van der Waals surface area contributed by atoms with Crippen molar-refractivity contribution in [1.82, 2.24) is 16.0 Å². The van der Waals surface area contributed by atoms with Crippen LogP contribution in [0.25, 0.3) is 0 Å². The van der Waals surface area contributed by atoms with E-state index in [0.717, 1.165) is 0 Å². The topological polar surface area (TPSA) is 188 Å². The van der Waals surface area contributed by atoms with Crippen LogP contribution in [0.4, 0.5) is 0 Å². The second kappa shape index (κ2) is 12.2. The van der Waals surface area contributed by atoms with Crippen molar-refractivity contribution in [2.24, 2.45) is 11.7 Å². The van der Waals surface area contributed by atoms with Crippen LogP contribution in [-0.4, -0.2) is 69.8 Å². The summed E-state index contributed by atoms with van der Waals surface area (Å²) in [5, 5.41) is 24.6. The van der Waals surface area contributed by atoms with E-state index in [-0.39, 0.29) is 24.5 Å². The monoisotopic (exact) mass is 420 g/mol. The number of carboxylic acids is 2. The summed E-state index contributed by atoms with van der Waals surface area (Å²) in [6.07, 6.45) is -0.390. The summed E-state index contributed by atoms with van der Waals surface area (Å²) in [6, 6.07) is -4.41. The third-order valence-electron chi connectivity index (χ3n) is 3.80. The summed E-state index contributed by atoms with van der Waals surface area (Å²) in [4.78, 5) is 58.1. The Hall–Kier alpha value is -2.34. The molecule has 3 amide bonds. The molecule has 0 bridgehead atoms. The lowest BCUT2D eigenvalue weighted by Gasteiger charge is -2.26. The molecule has 4 unspecified atom stereocenters. The zero-order valence-corrected chi connectivity index (χ0v) is 16.9. The Bertz CT molecular complexity index is 600. The summed E-state index contributed by atoms with van der Waals surface area (Å²) in [7, 11) is 0. The van der Waals surface area contributed by atoms with Crippen molar-refractivity contribution in [1.29, 1.82) is 0 Å². The second-order valence-corrected chi connectivity index (χ2v) is 6.95. The molecule has 11 nitrogen and oxygen atoms in total. The molecule has 0 aromatic rings. The van der Waals surface area contributed by atoms with Crippen LogP contribution < -0.4 is 21.7 Å². The molecule has 0 aliphatic rings. The highest BCUT2D eigenvalue weighted by Crippen LogP contribution is 2.05. The lowest BCUT2D eigenvalue weighted by Crippen LogP contribution is -2.58. The van der Waals surface area contributed by atoms with Crippen molar-refractivity contribution in [3.8, 4) is 0 Å². The van der Waals surface area contributed by atoms with Crippen molar-refractivity contribution in [2.75, 3.05) is 5.75 Å². The number of carbonyl (C=O) groups excluding carboxylic acids is 3. The minimum absolute atomic E-state index is 0.0949. The average Bonchev–Trinajstić information content (AvgIpc) is 2.60. The fourth-order valence-electron chi connectivity index (χ4n) is 2.04. The number of nitrogens with two attached hydrogens (primary N) is 1. The van der Waals surface area contributed by atoms with Gasteiger partial charge in [-0.3, -0.25) is 24.0 Å². The lowest BCUT2D eigenvalue weighted by molar-refractivity contribution is -0.141. The summed E-state index contributed by atoms with van der Waals surface area (Å²) < 4.78 is 0. The molecule has 28 heavy (non-hydrogen) atoms. The van der Waals surface area contributed by atoms with Crippen molar-refractivity contribution < 1.29 is 34.2 Å². The van der Waals surface area contributed by atoms with Crippen LogP contribution in [0.1, 0.15) is 33.6 Å². The van der Waals surface area contributed by atoms with Gasteiger partial charge in [-0.15, -0.1) is 0 Å². The minimum Gasteiger partial charge on any atom is -0.481 e. The van der Waals surface area contributed by atoms with Crippen LogP contribution in [0.15, 0.2) is 0 Å². The van der Waals surface area contributed by atoms with Crippen LogP contribution in [0.2, 0.25) is 0 Å². The highest BCUT2D eigenvalue weighted by molar-refractivity contribution is 7.80. The molecule has 4 atom stereocenters. The van der Waals surface area contributed by atoms with Gasteiger partial charge in [0.05, 0.1) is 6.04 Å². The maximum atomic E-state index is 12.5. The fraction of sp³-hybridized carbons (Fsp3) is 0.688. The van der Waals surface area contributed by atoms with E-state index in [1.807, 2.05) is 0 Å². The van der Waals surface area contributed by atoms with Crippen molar-refractivity contribution in [3.63, 3.8) is 0 Å². The molecule has 0 aliphatic carbocycles. The second-order valence-electron chi connectivity index (χ2n) is 6.58. The maximum Gasteiger partial charge on any atom is 0.325 e. The van der Waals surface area contributed by atoms with Gasteiger partial charge in [-0.1, -0.05) is 13.8 Å². The first-order valence-corrected chi connectivity index (χ1v) is 9.26. The molecule has 0 saturated carbocycles. The fourth-order valence-corrected chi connectivity index (χ4v) is 2.29. The van der Waals surface area contributed by atoms with Crippen LogP contribution in [-0.2, 0) is 24.0 Å². The number of nitrogens with one attached hydrogen (secondary N) is 3. The van der Waals surface area contributed by atoms with Crippen LogP contribution in [0, 0.1) is 5.92 Å². The highest BCUT2D eigenvalue weighted by Gasteiger charge is 2.30. The Kier molecular flexibility index (Phi) is 11.2. The predicted octanol–water partition coefficient (Wildman–Crippen LogP) is -1.68. The quantitative estimate of drug-likeness (QED) is 0.182. The smallest absolute Gasteiger partial charge is 0.325 e. The molecule has 0 heterocycles. The number of rotatable bonds is 12. The lowest BCUT2D eigenvalue weighted by atomic mass is 10.0. The predicted molar refractivity (Wildman–Crippen MR) is 103 cm³/mol. The summed E-state index contributed by atoms with van der Waals surface area (Å²) in [5.41, 5.74) is 5.63. The molecule has 0 aromatic heterocycles. The van der Waals surface area contributed by atoms with Gasteiger partial charge in [0.25, 0.3) is 0 Å². The zero-order valence-electron chi connectivity index (χ0n) is 16.0. The van der Waals surface area contributed by atoms with Crippen LogP contribution >= 0.6 is 12.6 Å². The van der Waals surface area contributed by atoms with E-state index in [1.54, 1.807) is 13.8 Å². The Labute approximate surface area is 168 Å². The third-order valence-corrected chi connectivity index (χ3v) is 4.16. The molecule has 0 aliphatic heterocycles. The Morgan fingerprint density at radius 2 is 1.50 bits per heavy atom. The van der Waals surface area contributed by atoms with Gasteiger partial charge >= 0.3 is 11.9 Å². The molecule has 160 valence electrons. The first kappa shape index (κ1) is 25.7. The normalized spacial score (nSPS) is 15.1.